The SMILES string of the molecule is CN(Cc1ccc(F)cc1F)C(=O)c1cc(S(=O)(=O)N(C)C)ccc1I. The van der Waals surface area contributed by atoms with Crippen molar-refractivity contribution in [2.45, 2.75) is 11.4 Å². The predicted octanol–water partition coefficient (Wildman–Crippen LogP) is 3.09. The largest absolute Gasteiger partial charge is 0.337 e. The molecule has 0 aliphatic carbocycles. The summed E-state index contributed by atoms with van der Waals surface area (Å²) in [6.45, 7) is -0.0777. The maximum atomic E-state index is 13.8. The van der Waals surface area contributed by atoms with Gasteiger partial charge in [0.1, 0.15) is 11.6 Å². The Morgan fingerprint density at radius 2 is 1.73 bits per heavy atom. The van der Waals surface area contributed by atoms with Crippen LogP contribution in [0.25, 0.3) is 0 Å². The van der Waals surface area contributed by atoms with Crippen molar-refractivity contribution in [3.63, 3.8) is 0 Å². The zero-order chi connectivity index (χ0) is 19.6. The fraction of sp³-hybridized carbons (Fsp3) is 0.235. The van der Waals surface area contributed by atoms with Crippen molar-refractivity contribution in [2.24, 2.45) is 0 Å². The fourth-order valence-electron chi connectivity index (χ4n) is 2.22. The molecule has 0 heterocycles. The van der Waals surface area contributed by atoms with Gasteiger partial charge in [-0.2, -0.15) is 0 Å². The minimum atomic E-state index is -3.69. The fourth-order valence-corrected chi connectivity index (χ4v) is 3.72. The highest BCUT2D eigenvalue weighted by Gasteiger charge is 2.22. The monoisotopic (exact) mass is 494 g/mol. The summed E-state index contributed by atoms with van der Waals surface area (Å²) in [7, 11) is 0.580. The molecule has 0 aromatic heterocycles. The zero-order valence-corrected chi connectivity index (χ0v) is 17.3. The Morgan fingerprint density at radius 3 is 2.31 bits per heavy atom. The lowest BCUT2D eigenvalue weighted by molar-refractivity contribution is 0.0782. The van der Waals surface area contributed by atoms with Gasteiger partial charge in [0.2, 0.25) is 10.0 Å². The molecule has 0 unspecified atom stereocenters. The van der Waals surface area contributed by atoms with Crippen molar-refractivity contribution in [3.8, 4) is 0 Å². The van der Waals surface area contributed by atoms with Gasteiger partial charge in [-0.15, -0.1) is 0 Å². The molecule has 0 aliphatic rings. The van der Waals surface area contributed by atoms with Crippen LogP contribution in [0.5, 0.6) is 0 Å². The van der Waals surface area contributed by atoms with Crippen LogP contribution in [0.3, 0.4) is 0 Å². The van der Waals surface area contributed by atoms with Gasteiger partial charge in [-0.3, -0.25) is 4.79 Å². The van der Waals surface area contributed by atoms with Gasteiger partial charge in [-0.05, 0) is 46.9 Å². The van der Waals surface area contributed by atoms with E-state index in [0.717, 1.165) is 16.4 Å². The van der Waals surface area contributed by atoms with Crippen LogP contribution in [-0.2, 0) is 16.6 Å². The lowest BCUT2D eigenvalue weighted by atomic mass is 10.1. The van der Waals surface area contributed by atoms with E-state index in [1.165, 1.54) is 50.3 Å². The van der Waals surface area contributed by atoms with Crippen LogP contribution in [-0.4, -0.2) is 44.7 Å². The normalized spacial score (nSPS) is 11.7. The summed E-state index contributed by atoms with van der Waals surface area (Å²) >= 11 is 1.93. The molecular formula is C17H17F2IN2O3S. The quantitative estimate of drug-likeness (QED) is 0.601. The third-order valence-electron chi connectivity index (χ3n) is 3.72. The first-order chi connectivity index (χ1) is 12.0. The molecule has 2 aromatic carbocycles. The molecule has 1 amide bonds. The number of carbonyl (C=O) groups is 1. The minimum absolute atomic E-state index is 0.00683. The van der Waals surface area contributed by atoms with E-state index >= 15 is 0 Å². The van der Waals surface area contributed by atoms with Gasteiger partial charge in [-0.25, -0.2) is 21.5 Å². The Hall–Kier alpha value is -1.59. The first-order valence-corrected chi connectivity index (χ1v) is 9.97. The second-order valence-corrected chi connectivity index (χ2v) is 9.14. The maximum Gasteiger partial charge on any atom is 0.255 e. The summed E-state index contributed by atoms with van der Waals surface area (Å²) in [4.78, 5) is 14.0. The molecule has 0 aliphatic heterocycles. The van der Waals surface area contributed by atoms with E-state index in [2.05, 4.69) is 0 Å². The van der Waals surface area contributed by atoms with E-state index in [-0.39, 0.29) is 22.6 Å². The molecular weight excluding hydrogens is 477 g/mol. The first-order valence-electron chi connectivity index (χ1n) is 7.45. The van der Waals surface area contributed by atoms with Gasteiger partial charge in [0.05, 0.1) is 10.5 Å². The standard InChI is InChI=1S/C17H17F2IN2O3S/c1-21(2)26(24,25)13-6-7-16(20)14(9-13)17(23)22(3)10-11-4-5-12(18)8-15(11)19/h4-9H,10H2,1-3H3. The number of nitrogens with zero attached hydrogens (tertiary/aromatic N) is 2. The maximum absolute atomic E-state index is 13.8. The van der Waals surface area contributed by atoms with Gasteiger partial charge in [0, 0.05) is 42.9 Å². The molecule has 2 aromatic rings. The average Bonchev–Trinajstić information content (AvgIpc) is 2.56. The Bertz CT molecular complexity index is 949. The second-order valence-electron chi connectivity index (χ2n) is 5.83. The Morgan fingerprint density at radius 1 is 1.08 bits per heavy atom. The van der Waals surface area contributed by atoms with E-state index in [4.69, 9.17) is 0 Å². The van der Waals surface area contributed by atoms with Gasteiger partial charge in [-0.1, -0.05) is 6.07 Å². The molecule has 5 nitrogen and oxygen atoms in total. The molecule has 0 fully saturated rings. The predicted molar refractivity (Wildman–Crippen MR) is 102 cm³/mol. The lowest BCUT2D eigenvalue weighted by Gasteiger charge is -2.19. The van der Waals surface area contributed by atoms with Crippen LogP contribution in [0, 0.1) is 15.2 Å². The highest BCUT2D eigenvalue weighted by Crippen LogP contribution is 2.22. The molecule has 140 valence electrons. The van der Waals surface area contributed by atoms with Crippen molar-refractivity contribution >= 4 is 38.5 Å². The molecule has 0 atom stereocenters. The number of halogens is 3. The van der Waals surface area contributed by atoms with E-state index in [1.807, 2.05) is 22.6 Å². The summed E-state index contributed by atoms with van der Waals surface area (Å²) < 4.78 is 53.0. The topological polar surface area (TPSA) is 57.7 Å². The molecule has 9 heteroatoms. The number of carbonyl (C=O) groups excluding carboxylic acids is 1. The third-order valence-corrected chi connectivity index (χ3v) is 6.47. The van der Waals surface area contributed by atoms with E-state index in [1.54, 1.807) is 0 Å². The van der Waals surface area contributed by atoms with Gasteiger partial charge >= 0.3 is 0 Å². The number of sulfonamides is 1. The second kappa shape index (κ2) is 7.97. The molecule has 2 rings (SSSR count). The van der Waals surface area contributed by atoms with Crippen LogP contribution in [0.1, 0.15) is 15.9 Å². The molecule has 26 heavy (non-hydrogen) atoms. The van der Waals surface area contributed by atoms with Crippen molar-refractivity contribution in [1.29, 1.82) is 0 Å². The number of hydrogen-bond acceptors (Lipinski definition) is 3. The Kier molecular flexibility index (Phi) is 6.35. The molecule has 0 N–H and O–H groups in total. The van der Waals surface area contributed by atoms with Crippen molar-refractivity contribution < 1.29 is 22.0 Å². The average molecular weight is 494 g/mol. The third kappa shape index (κ3) is 4.38. The van der Waals surface area contributed by atoms with E-state index in [9.17, 15) is 22.0 Å². The Labute approximate surface area is 164 Å². The lowest BCUT2D eigenvalue weighted by Crippen LogP contribution is -2.28. The molecule has 0 radical (unpaired) electrons. The van der Waals surface area contributed by atoms with Crippen LogP contribution in [0.4, 0.5) is 8.78 Å². The van der Waals surface area contributed by atoms with E-state index < -0.39 is 27.6 Å². The van der Waals surface area contributed by atoms with Crippen LogP contribution in [0.2, 0.25) is 0 Å². The summed E-state index contributed by atoms with van der Waals surface area (Å²) in [5, 5.41) is 0. The van der Waals surface area contributed by atoms with Crippen LogP contribution < -0.4 is 0 Å². The highest BCUT2D eigenvalue weighted by atomic mass is 127. The Balaban J connectivity index is 2.33. The highest BCUT2D eigenvalue weighted by molar-refractivity contribution is 14.1. The molecule has 0 bridgehead atoms. The number of rotatable bonds is 5. The molecule has 0 spiro atoms. The summed E-state index contributed by atoms with van der Waals surface area (Å²) in [5.41, 5.74) is 0.355. The van der Waals surface area contributed by atoms with Crippen molar-refractivity contribution in [1.82, 2.24) is 9.21 Å². The summed E-state index contributed by atoms with van der Waals surface area (Å²) in [6, 6.07) is 7.40. The summed E-state index contributed by atoms with van der Waals surface area (Å²) in [5.74, 6) is -1.91. The smallest absolute Gasteiger partial charge is 0.255 e. The van der Waals surface area contributed by atoms with Gasteiger partial charge in [0.25, 0.3) is 5.91 Å². The first kappa shape index (κ1) is 20.7. The van der Waals surface area contributed by atoms with Crippen molar-refractivity contribution in [2.75, 3.05) is 21.1 Å². The number of hydrogen-bond donors (Lipinski definition) is 0. The number of benzene rings is 2. The zero-order valence-electron chi connectivity index (χ0n) is 14.3. The molecule has 0 saturated heterocycles. The van der Waals surface area contributed by atoms with Crippen LogP contribution in [0.15, 0.2) is 41.3 Å². The van der Waals surface area contributed by atoms with E-state index in [0.29, 0.717) is 3.57 Å². The summed E-state index contributed by atoms with van der Waals surface area (Å²) in [6.07, 6.45) is 0. The van der Waals surface area contributed by atoms with Crippen molar-refractivity contribution in [3.05, 3.63) is 62.7 Å². The molecule has 0 saturated carbocycles. The number of amides is 1. The van der Waals surface area contributed by atoms with Gasteiger partial charge < -0.3 is 4.90 Å². The van der Waals surface area contributed by atoms with Gasteiger partial charge in [0.15, 0.2) is 0 Å². The van der Waals surface area contributed by atoms with Crippen LogP contribution >= 0.6 is 22.6 Å². The minimum Gasteiger partial charge on any atom is -0.337 e.